The molecule has 0 saturated carbocycles. The highest BCUT2D eigenvalue weighted by Gasteiger charge is 2.32. The Morgan fingerprint density at radius 1 is 1.13 bits per heavy atom. The molecule has 1 aliphatic heterocycles. The Balaban J connectivity index is 1.52. The van der Waals surface area contributed by atoms with Crippen LogP contribution in [0.15, 0.2) is 65.7 Å². The van der Waals surface area contributed by atoms with Crippen molar-refractivity contribution in [1.29, 1.82) is 0 Å². The van der Waals surface area contributed by atoms with E-state index < -0.39 is 5.97 Å². The van der Waals surface area contributed by atoms with Crippen LogP contribution < -0.4 is 0 Å². The first kappa shape index (κ1) is 15.4. The van der Waals surface area contributed by atoms with Crippen molar-refractivity contribution in [3.8, 4) is 0 Å². The van der Waals surface area contributed by atoms with Gasteiger partial charge in [0, 0.05) is 0 Å². The molecular formula is C19H19NO3. The fourth-order valence-electron chi connectivity index (χ4n) is 2.34. The van der Waals surface area contributed by atoms with E-state index in [-0.39, 0.29) is 18.8 Å². The van der Waals surface area contributed by atoms with E-state index in [1.807, 2.05) is 48.5 Å². The van der Waals surface area contributed by atoms with Gasteiger partial charge in [0.2, 0.25) is 0 Å². The third kappa shape index (κ3) is 5.04. The second-order valence-electron chi connectivity index (χ2n) is 5.50. The first-order valence-corrected chi connectivity index (χ1v) is 7.70. The van der Waals surface area contributed by atoms with Gasteiger partial charge in [0.15, 0.2) is 0 Å². The molecule has 23 heavy (non-hydrogen) atoms. The van der Waals surface area contributed by atoms with E-state index in [2.05, 4.69) is 17.1 Å². The lowest BCUT2D eigenvalue weighted by atomic mass is 10.0. The van der Waals surface area contributed by atoms with Gasteiger partial charge in [0.1, 0.15) is 18.9 Å². The molecule has 2 unspecified atom stereocenters. The highest BCUT2D eigenvalue weighted by Crippen LogP contribution is 2.20. The molecule has 0 radical (unpaired) electrons. The van der Waals surface area contributed by atoms with Gasteiger partial charge in [-0.2, -0.15) is 0 Å². The molecule has 0 N–H and O–H groups in total. The van der Waals surface area contributed by atoms with Gasteiger partial charge in [-0.05, 0) is 17.5 Å². The average Bonchev–Trinajstić information content (AvgIpc) is 3.43. The van der Waals surface area contributed by atoms with Gasteiger partial charge in [-0.1, -0.05) is 60.7 Å². The molecule has 0 aliphatic carbocycles. The fraction of sp³-hybridized carbons (Fsp3) is 0.263. The second-order valence-corrected chi connectivity index (χ2v) is 5.50. The number of rotatable bonds is 7. The highest BCUT2D eigenvalue weighted by molar-refractivity contribution is 6.23. The smallest absolute Gasteiger partial charge is 0.349 e. The zero-order chi connectivity index (χ0) is 15.9. The maximum atomic E-state index is 11.8. The standard InChI is InChI=1S/C19H19NO3/c21-19(23-13-16-9-5-2-6-10-16)12-20-17(18-14-22-18)11-15-7-3-1-4-8-15/h1-10,12,17-18H,11,13-14H2. The number of esters is 1. The molecule has 0 spiro atoms. The molecular weight excluding hydrogens is 290 g/mol. The Morgan fingerprint density at radius 3 is 2.35 bits per heavy atom. The predicted octanol–water partition coefficient (Wildman–Crippen LogP) is 2.81. The molecule has 118 valence electrons. The van der Waals surface area contributed by atoms with Crippen molar-refractivity contribution < 1.29 is 14.3 Å². The third-order valence-electron chi connectivity index (χ3n) is 3.67. The summed E-state index contributed by atoms with van der Waals surface area (Å²) in [6.45, 7) is 0.961. The Morgan fingerprint density at radius 2 is 1.74 bits per heavy atom. The number of benzene rings is 2. The molecule has 3 rings (SSSR count). The van der Waals surface area contributed by atoms with Crippen LogP contribution in [0.25, 0.3) is 0 Å². The van der Waals surface area contributed by atoms with Crippen LogP contribution in [0.2, 0.25) is 0 Å². The first-order valence-electron chi connectivity index (χ1n) is 7.70. The minimum Gasteiger partial charge on any atom is -0.457 e. The van der Waals surface area contributed by atoms with Gasteiger partial charge in [0.05, 0.1) is 12.6 Å². The van der Waals surface area contributed by atoms with E-state index >= 15 is 0 Å². The summed E-state index contributed by atoms with van der Waals surface area (Å²) in [5.41, 5.74) is 2.14. The zero-order valence-electron chi connectivity index (χ0n) is 12.8. The van der Waals surface area contributed by atoms with Crippen LogP contribution in [0.5, 0.6) is 0 Å². The quantitative estimate of drug-likeness (QED) is 0.449. The molecule has 0 bridgehead atoms. The van der Waals surface area contributed by atoms with Crippen LogP contribution in [0, 0.1) is 0 Å². The van der Waals surface area contributed by atoms with E-state index in [0.29, 0.717) is 6.61 Å². The van der Waals surface area contributed by atoms with Crippen LogP contribution in [-0.4, -0.2) is 30.9 Å². The maximum absolute atomic E-state index is 11.8. The molecule has 1 fully saturated rings. The third-order valence-corrected chi connectivity index (χ3v) is 3.67. The Hall–Kier alpha value is -2.46. The number of hydrogen-bond acceptors (Lipinski definition) is 4. The van der Waals surface area contributed by atoms with Crippen LogP contribution in [0.3, 0.4) is 0 Å². The van der Waals surface area contributed by atoms with Gasteiger partial charge < -0.3 is 9.47 Å². The minimum absolute atomic E-state index is 0.0401. The van der Waals surface area contributed by atoms with Crippen molar-refractivity contribution in [3.63, 3.8) is 0 Å². The molecule has 1 heterocycles. The number of hydrogen-bond donors (Lipinski definition) is 0. The average molecular weight is 309 g/mol. The maximum Gasteiger partial charge on any atom is 0.349 e. The predicted molar refractivity (Wildman–Crippen MR) is 88.4 cm³/mol. The molecule has 0 aromatic heterocycles. The fourth-order valence-corrected chi connectivity index (χ4v) is 2.34. The number of aliphatic imine (C=N–C) groups is 1. The number of ether oxygens (including phenoxy) is 2. The topological polar surface area (TPSA) is 51.2 Å². The molecule has 1 saturated heterocycles. The van der Waals surface area contributed by atoms with Crippen LogP contribution in [-0.2, 0) is 27.3 Å². The monoisotopic (exact) mass is 309 g/mol. The van der Waals surface area contributed by atoms with Crippen molar-refractivity contribution >= 4 is 12.2 Å². The van der Waals surface area contributed by atoms with Crippen molar-refractivity contribution in [2.75, 3.05) is 6.61 Å². The molecule has 4 nitrogen and oxygen atoms in total. The lowest BCUT2D eigenvalue weighted by Gasteiger charge is -2.09. The molecule has 0 amide bonds. The lowest BCUT2D eigenvalue weighted by molar-refractivity contribution is -0.136. The molecule has 1 aliphatic rings. The van der Waals surface area contributed by atoms with E-state index in [0.717, 1.165) is 12.0 Å². The van der Waals surface area contributed by atoms with E-state index in [4.69, 9.17) is 9.47 Å². The lowest BCUT2D eigenvalue weighted by Crippen LogP contribution is -2.18. The van der Waals surface area contributed by atoms with E-state index in [9.17, 15) is 4.79 Å². The summed E-state index contributed by atoms with van der Waals surface area (Å²) in [5, 5.41) is 0. The van der Waals surface area contributed by atoms with Crippen molar-refractivity contribution in [2.45, 2.75) is 25.2 Å². The summed E-state index contributed by atoms with van der Waals surface area (Å²) in [4.78, 5) is 16.2. The van der Waals surface area contributed by atoms with E-state index in [1.165, 1.54) is 11.8 Å². The van der Waals surface area contributed by atoms with Crippen LogP contribution in [0.1, 0.15) is 11.1 Å². The van der Waals surface area contributed by atoms with Gasteiger partial charge in [-0.15, -0.1) is 0 Å². The summed E-state index contributed by atoms with van der Waals surface area (Å²) >= 11 is 0. The summed E-state index contributed by atoms with van der Waals surface area (Å²) in [6, 6.07) is 19.6. The summed E-state index contributed by atoms with van der Waals surface area (Å²) < 4.78 is 10.5. The number of carbonyl (C=O) groups excluding carboxylic acids is 1. The number of nitrogens with zero attached hydrogens (tertiary/aromatic N) is 1. The summed E-state index contributed by atoms with van der Waals surface area (Å²) in [6.07, 6.45) is 2.14. The van der Waals surface area contributed by atoms with Crippen molar-refractivity contribution in [2.24, 2.45) is 4.99 Å². The SMILES string of the molecule is O=C(C=NC(Cc1ccccc1)C1CO1)OCc1ccccc1. The first-order chi connectivity index (χ1) is 11.3. The van der Waals surface area contributed by atoms with Gasteiger partial charge >= 0.3 is 5.97 Å². The summed E-state index contributed by atoms with van der Waals surface area (Å²) in [5.74, 6) is -0.424. The van der Waals surface area contributed by atoms with Gasteiger partial charge in [0.25, 0.3) is 0 Å². The van der Waals surface area contributed by atoms with Crippen LogP contribution >= 0.6 is 0 Å². The molecule has 2 atom stereocenters. The van der Waals surface area contributed by atoms with Crippen molar-refractivity contribution in [3.05, 3.63) is 71.8 Å². The van der Waals surface area contributed by atoms with Crippen molar-refractivity contribution in [1.82, 2.24) is 0 Å². The van der Waals surface area contributed by atoms with Gasteiger partial charge in [-0.25, -0.2) is 4.79 Å². The highest BCUT2D eigenvalue weighted by atomic mass is 16.6. The van der Waals surface area contributed by atoms with E-state index in [1.54, 1.807) is 0 Å². The molecule has 4 heteroatoms. The largest absolute Gasteiger partial charge is 0.457 e. The Labute approximate surface area is 135 Å². The normalized spacial score (nSPS) is 17.8. The summed E-state index contributed by atoms with van der Waals surface area (Å²) in [7, 11) is 0. The van der Waals surface area contributed by atoms with Crippen LogP contribution in [0.4, 0.5) is 0 Å². The van der Waals surface area contributed by atoms with Gasteiger partial charge in [-0.3, -0.25) is 4.99 Å². The minimum atomic E-state index is -0.424. The molecule has 2 aromatic carbocycles. The number of carbonyl (C=O) groups is 1. The Bertz CT molecular complexity index is 651. The zero-order valence-corrected chi connectivity index (χ0v) is 12.8. The molecule has 2 aromatic rings. The second kappa shape index (κ2) is 7.70. The Kier molecular flexibility index (Phi) is 5.17. The number of epoxide rings is 1.